The fourth-order valence-corrected chi connectivity index (χ4v) is 2.49. The van der Waals surface area contributed by atoms with Crippen LogP contribution in [0.1, 0.15) is 78.1 Å². The summed E-state index contributed by atoms with van der Waals surface area (Å²) < 4.78 is 0. The molecule has 0 nitrogen and oxygen atoms in total. The van der Waals surface area contributed by atoms with E-state index < -0.39 is 0 Å². The standard InChI is InChI=1S/C14H28/c1-3-5-7-8-9-11-14-12-13(14)10-6-4-2/h13-14H,3-12H2,1-2H3/t13?,14-/m1/s1. The van der Waals surface area contributed by atoms with Crippen molar-refractivity contribution in [3.05, 3.63) is 0 Å². The third-order valence-electron chi connectivity index (χ3n) is 3.68. The van der Waals surface area contributed by atoms with Gasteiger partial charge >= 0.3 is 0 Å². The third kappa shape index (κ3) is 5.02. The zero-order valence-electron chi connectivity index (χ0n) is 10.2. The van der Waals surface area contributed by atoms with Crippen molar-refractivity contribution in [3.63, 3.8) is 0 Å². The summed E-state index contributed by atoms with van der Waals surface area (Å²) in [6, 6.07) is 0. The van der Waals surface area contributed by atoms with Crippen LogP contribution in [0.15, 0.2) is 0 Å². The van der Waals surface area contributed by atoms with Gasteiger partial charge in [0.1, 0.15) is 0 Å². The van der Waals surface area contributed by atoms with E-state index in [4.69, 9.17) is 0 Å². The van der Waals surface area contributed by atoms with Crippen molar-refractivity contribution >= 4 is 0 Å². The van der Waals surface area contributed by atoms with Crippen LogP contribution >= 0.6 is 0 Å². The number of rotatable bonds is 9. The SMILES string of the molecule is CCCCCCC[C@@H]1CC1CCCC. The Kier molecular flexibility index (Phi) is 6.31. The van der Waals surface area contributed by atoms with Crippen LogP contribution in [0.25, 0.3) is 0 Å². The molecule has 0 aliphatic heterocycles. The molecule has 2 atom stereocenters. The highest BCUT2D eigenvalue weighted by atomic mass is 14.4. The molecule has 0 saturated heterocycles. The first kappa shape index (κ1) is 12.1. The predicted molar refractivity (Wildman–Crippen MR) is 64.5 cm³/mol. The van der Waals surface area contributed by atoms with Gasteiger partial charge in [0.25, 0.3) is 0 Å². The van der Waals surface area contributed by atoms with Crippen LogP contribution in [0.2, 0.25) is 0 Å². The van der Waals surface area contributed by atoms with Crippen molar-refractivity contribution in [1.82, 2.24) is 0 Å². The lowest BCUT2D eigenvalue weighted by Crippen LogP contribution is -1.85. The summed E-state index contributed by atoms with van der Waals surface area (Å²) in [6.07, 6.45) is 14.8. The minimum absolute atomic E-state index is 1.14. The van der Waals surface area contributed by atoms with Gasteiger partial charge in [-0.1, -0.05) is 71.6 Å². The van der Waals surface area contributed by atoms with Crippen molar-refractivity contribution in [2.24, 2.45) is 11.8 Å². The van der Waals surface area contributed by atoms with Crippen LogP contribution in [0.4, 0.5) is 0 Å². The lowest BCUT2D eigenvalue weighted by atomic mass is 10.1. The molecule has 0 heteroatoms. The van der Waals surface area contributed by atoms with E-state index in [1.54, 1.807) is 6.42 Å². The maximum atomic E-state index is 2.31. The summed E-state index contributed by atoms with van der Waals surface area (Å²) in [4.78, 5) is 0. The topological polar surface area (TPSA) is 0 Å². The van der Waals surface area contributed by atoms with E-state index in [9.17, 15) is 0 Å². The molecule has 0 aromatic rings. The van der Waals surface area contributed by atoms with E-state index in [0.717, 1.165) is 11.8 Å². The van der Waals surface area contributed by atoms with Gasteiger partial charge in [0.05, 0.1) is 0 Å². The van der Waals surface area contributed by atoms with E-state index in [1.807, 2.05) is 0 Å². The first-order chi connectivity index (χ1) is 6.88. The molecule has 0 aromatic heterocycles. The fraction of sp³-hybridized carbons (Fsp3) is 1.00. The van der Waals surface area contributed by atoms with Gasteiger partial charge in [-0.05, 0) is 18.3 Å². The maximum Gasteiger partial charge on any atom is -0.0383 e. The summed E-state index contributed by atoms with van der Waals surface area (Å²) in [6.45, 7) is 4.60. The van der Waals surface area contributed by atoms with Crippen molar-refractivity contribution in [2.75, 3.05) is 0 Å². The molecule has 1 aliphatic carbocycles. The van der Waals surface area contributed by atoms with Gasteiger partial charge in [-0.3, -0.25) is 0 Å². The Bertz CT molecular complexity index is 128. The van der Waals surface area contributed by atoms with Crippen LogP contribution in [-0.4, -0.2) is 0 Å². The van der Waals surface area contributed by atoms with Crippen LogP contribution < -0.4 is 0 Å². The zero-order chi connectivity index (χ0) is 10.2. The van der Waals surface area contributed by atoms with E-state index in [0.29, 0.717) is 0 Å². The molecule has 14 heavy (non-hydrogen) atoms. The lowest BCUT2D eigenvalue weighted by molar-refractivity contribution is 0.534. The smallest absolute Gasteiger partial charge is 0.0383 e. The molecular formula is C14H28. The zero-order valence-corrected chi connectivity index (χ0v) is 10.2. The molecule has 1 unspecified atom stereocenters. The quantitative estimate of drug-likeness (QED) is 0.446. The van der Waals surface area contributed by atoms with Gasteiger partial charge in [-0.15, -0.1) is 0 Å². The van der Waals surface area contributed by atoms with Gasteiger partial charge in [-0.25, -0.2) is 0 Å². The normalized spacial score (nSPS) is 25.3. The molecule has 0 aromatic carbocycles. The Labute approximate surface area is 90.5 Å². The highest BCUT2D eigenvalue weighted by molar-refractivity contribution is 4.85. The second-order valence-electron chi connectivity index (χ2n) is 5.10. The first-order valence-corrected chi connectivity index (χ1v) is 6.88. The molecule has 0 radical (unpaired) electrons. The molecule has 84 valence electrons. The predicted octanol–water partition coefficient (Wildman–Crippen LogP) is 5.17. The average molecular weight is 196 g/mol. The van der Waals surface area contributed by atoms with Crippen molar-refractivity contribution < 1.29 is 0 Å². The Morgan fingerprint density at radius 1 is 0.714 bits per heavy atom. The number of hydrogen-bond donors (Lipinski definition) is 0. The Morgan fingerprint density at radius 2 is 1.29 bits per heavy atom. The highest BCUT2D eigenvalue weighted by Gasteiger charge is 2.34. The average Bonchev–Trinajstić information content (AvgIpc) is 2.93. The largest absolute Gasteiger partial charge is 0.0654 e. The lowest BCUT2D eigenvalue weighted by Gasteiger charge is -2.00. The molecule has 0 spiro atoms. The van der Waals surface area contributed by atoms with Gasteiger partial charge in [0.2, 0.25) is 0 Å². The van der Waals surface area contributed by atoms with Crippen LogP contribution in [-0.2, 0) is 0 Å². The molecule has 1 saturated carbocycles. The summed E-state index contributed by atoms with van der Waals surface area (Å²) in [5.41, 5.74) is 0. The minimum Gasteiger partial charge on any atom is -0.0654 e. The highest BCUT2D eigenvalue weighted by Crippen LogP contribution is 2.45. The van der Waals surface area contributed by atoms with Crippen LogP contribution in [0.3, 0.4) is 0 Å². The van der Waals surface area contributed by atoms with E-state index in [1.165, 1.54) is 57.8 Å². The number of unbranched alkanes of at least 4 members (excludes halogenated alkanes) is 5. The monoisotopic (exact) mass is 196 g/mol. The summed E-state index contributed by atoms with van der Waals surface area (Å²) in [7, 11) is 0. The molecule has 1 aliphatic rings. The molecular weight excluding hydrogens is 168 g/mol. The maximum absolute atomic E-state index is 2.31. The molecule has 1 rings (SSSR count). The van der Waals surface area contributed by atoms with Crippen molar-refractivity contribution in [2.45, 2.75) is 78.1 Å². The first-order valence-electron chi connectivity index (χ1n) is 6.88. The fourth-order valence-electron chi connectivity index (χ4n) is 2.49. The molecule has 1 fully saturated rings. The van der Waals surface area contributed by atoms with Crippen LogP contribution in [0.5, 0.6) is 0 Å². The summed E-state index contributed by atoms with van der Waals surface area (Å²) >= 11 is 0. The van der Waals surface area contributed by atoms with Gasteiger partial charge < -0.3 is 0 Å². The van der Waals surface area contributed by atoms with Gasteiger partial charge in [0.15, 0.2) is 0 Å². The van der Waals surface area contributed by atoms with E-state index in [2.05, 4.69) is 13.8 Å². The summed E-state index contributed by atoms with van der Waals surface area (Å²) in [5, 5.41) is 0. The molecule has 0 heterocycles. The number of hydrogen-bond acceptors (Lipinski definition) is 0. The Hall–Kier alpha value is 0. The molecule has 0 N–H and O–H groups in total. The van der Waals surface area contributed by atoms with Crippen LogP contribution in [0, 0.1) is 11.8 Å². The minimum atomic E-state index is 1.14. The summed E-state index contributed by atoms with van der Waals surface area (Å²) in [5.74, 6) is 2.28. The molecule has 0 bridgehead atoms. The van der Waals surface area contributed by atoms with Gasteiger partial charge in [-0.2, -0.15) is 0 Å². The van der Waals surface area contributed by atoms with Gasteiger partial charge in [0, 0.05) is 0 Å². The van der Waals surface area contributed by atoms with E-state index in [-0.39, 0.29) is 0 Å². The molecule has 0 amide bonds. The second kappa shape index (κ2) is 7.31. The third-order valence-corrected chi connectivity index (χ3v) is 3.68. The van der Waals surface area contributed by atoms with E-state index >= 15 is 0 Å². The second-order valence-corrected chi connectivity index (χ2v) is 5.10. The Morgan fingerprint density at radius 3 is 1.93 bits per heavy atom. The van der Waals surface area contributed by atoms with Crippen molar-refractivity contribution in [3.8, 4) is 0 Å². The Balaban J connectivity index is 1.80. The van der Waals surface area contributed by atoms with Crippen molar-refractivity contribution in [1.29, 1.82) is 0 Å².